The summed E-state index contributed by atoms with van der Waals surface area (Å²) in [6.45, 7) is 1.37. The summed E-state index contributed by atoms with van der Waals surface area (Å²) in [5.41, 5.74) is 2.71. The van der Waals surface area contributed by atoms with E-state index in [1.807, 2.05) is 24.3 Å². The third-order valence-electron chi connectivity index (χ3n) is 4.98. The molecule has 0 radical (unpaired) electrons. The number of fused-ring (bicyclic) bond motifs is 3. The predicted octanol–water partition coefficient (Wildman–Crippen LogP) is 4.27. The van der Waals surface area contributed by atoms with E-state index < -0.39 is 18.0 Å². The van der Waals surface area contributed by atoms with Crippen molar-refractivity contribution in [3.8, 4) is 5.75 Å². The Bertz CT molecular complexity index is 1260. The summed E-state index contributed by atoms with van der Waals surface area (Å²) in [7, 11) is 1.51. The van der Waals surface area contributed by atoms with Crippen LogP contribution in [-0.4, -0.2) is 30.2 Å². The molecular weight excluding hydrogens is 398 g/mol. The molecule has 0 aliphatic carbocycles. The van der Waals surface area contributed by atoms with E-state index in [9.17, 15) is 9.59 Å². The average Bonchev–Trinajstić information content (AvgIpc) is 3.15. The van der Waals surface area contributed by atoms with Gasteiger partial charge in [-0.25, -0.2) is 4.79 Å². The van der Waals surface area contributed by atoms with Gasteiger partial charge in [0.1, 0.15) is 16.9 Å². The number of hydrogen-bond donors (Lipinski definition) is 2. The van der Waals surface area contributed by atoms with Gasteiger partial charge in [-0.2, -0.15) is 0 Å². The maximum absolute atomic E-state index is 12.6. The smallest absolute Gasteiger partial charge is 0.338 e. The van der Waals surface area contributed by atoms with Crippen molar-refractivity contribution in [2.24, 2.45) is 0 Å². The lowest BCUT2D eigenvalue weighted by Crippen LogP contribution is -2.30. The van der Waals surface area contributed by atoms with Crippen molar-refractivity contribution < 1.29 is 28.6 Å². The molecule has 0 fully saturated rings. The molecule has 2 N–H and O–H groups in total. The third-order valence-corrected chi connectivity index (χ3v) is 4.98. The highest BCUT2D eigenvalue weighted by atomic mass is 16.5. The summed E-state index contributed by atoms with van der Waals surface area (Å²) in [6, 6.07) is 17.4. The van der Waals surface area contributed by atoms with Crippen LogP contribution in [0.1, 0.15) is 22.8 Å². The SMILES string of the molecule is COc1cc2c(cc1NC(=O)[C@H](C)OC(=O)c1ccc(CO)cc1)oc1ccccc12. The number of methoxy groups -OCH3 is 1. The molecule has 3 aromatic carbocycles. The van der Waals surface area contributed by atoms with Crippen molar-refractivity contribution in [2.75, 3.05) is 12.4 Å². The Morgan fingerprint density at radius 3 is 2.48 bits per heavy atom. The number of amides is 1. The summed E-state index contributed by atoms with van der Waals surface area (Å²) in [4.78, 5) is 25.0. The van der Waals surface area contributed by atoms with Crippen LogP contribution in [0.3, 0.4) is 0 Å². The first kappa shape index (κ1) is 20.4. The molecule has 4 rings (SSSR count). The third kappa shape index (κ3) is 4.08. The van der Waals surface area contributed by atoms with Crippen LogP contribution in [0.4, 0.5) is 5.69 Å². The Morgan fingerprint density at radius 1 is 1.03 bits per heavy atom. The van der Waals surface area contributed by atoms with E-state index in [-0.39, 0.29) is 12.2 Å². The van der Waals surface area contributed by atoms with Crippen LogP contribution in [0.25, 0.3) is 21.9 Å². The van der Waals surface area contributed by atoms with Crippen LogP contribution < -0.4 is 10.1 Å². The molecule has 7 nitrogen and oxygen atoms in total. The molecule has 7 heteroatoms. The van der Waals surface area contributed by atoms with Gasteiger partial charge in [0.2, 0.25) is 0 Å². The molecule has 0 bridgehead atoms. The lowest BCUT2D eigenvalue weighted by atomic mass is 10.1. The van der Waals surface area contributed by atoms with Crippen LogP contribution in [0.5, 0.6) is 5.75 Å². The van der Waals surface area contributed by atoms with Gasteiger partial charge in [-0.15, -0.1) is 0 Å². The predicted molar refractivity (Wildman–Crippen MR) is 116 cm³/mol. The number of furan rings is 1. The van der Waals surface area contributed by atoms with Gasteiger partial charge in [0.15, 0.2) is 6.10 Å². The number of carbonyl (C=O) groups excluding carboxylic acids is 2. The number of carbonyl (C=O) groups is 2. The summed E-state index contributed by atoms with van der Waals surface area (Å²) < 4.78 is 16.6. The fraction of sp³-hybridized carbons (Fsp3) is 0.167. The zero-order valence-electron chi connectivity index (χ0n) is 17.0. The molecule has 4 aromatic rings. The lowest BCUT2D eigenvalue weighted by Gasteiger charge is -2.15. The summed E-state index contributed by atoms with van der Waals surface area (Å²) >= 11 is 0. The molecule has 158 valence electrons. The van der Waals surface area contributed by atoms with E-state index in [1.165, 1.54) is 26.2 Å². The van der Waals surface area contributed by atoms with E-state index in [2.05, 4.69) is 5.32 Å². The van der Waals surface area contributed by atoms with Gasteiger partial charge in [-0.1, -0.05) is 30.3 Å². The quantitative estimate of drug-likeness (QED) is 0.453. The highest BCUT2D eigenvalue weighted by Gasteiger charge is 2.21. The van der Waals surface area contributed by atoms with E-state index in [0.717, 1.165) is 16.4 Å². The number of ether oxygens (including phenoxy) is 2. The van der Waals surface area contributed by atoms with Crippen LogP contribution in [0.15, 0.2) is 65.1 Å². The fourth-order valence-corrected chi connectivity index (χ4v) is 3.28. The van der Waals surface area contributed by atoms with Crippen molar-refractivity contribution in [1.29, 1.82) is 0 Å². The summed E-state index contributed by atoms with van der Waals surface area (Å²) in [5.74, 6) is -0.675. The Labute approximate surface area is 178 Å². The molecule has 1 aromatic heterocycles. The Balaban J connectivity index is 1.52. The van der Waals surface area contributed by atoms with Crippen LogP contribution >= 0.6 is 0 Å². The van der Waals surface area contributed by atoms with Crippen molar-refractivity contribution >= 4 is 39.5 Å². The normalized spacial score (nSPS) is 12.0. The fourth-order valence-electron chi connectivity index (χ4n) is 3.28. The van der Waals surface area contributed by atoms with E-state index in [4.69, 9.17) is 19.0 Å². The van der Waals surface area contributed by atoms with Crippen molar-refractivity contribution in [3.63, 3.8) is 0 Å². The Kier molecular flexibility index (Phi) is 5.60. The Hall–Kier alpha value is -3.84. The van der Waals surface area contributed by atoms with E-state index in [0.29, 0.717) is 22.6 Å². The van der Waals surface area contributed by atoms with E-state index >= 15 is 0 Å². The lowest BCUT2D eigenvalue weighted by molar-refractivity contribution is -0.123. The minimum absolute atomic E-state index is 0.120. The molecule has 1 amide bonds. The summed E-state index contributed by atoms with van der Waals surface area (Å²) in [6.07, 6.45) is -1.04. The summed E-state index contributed by atoms with van der Waals surface area (Å²) in [5, 5.41) is 13.6. The largest absolute Gasteiger partial charge is 0.495 e. The minimum atomic E-state index is -1.04. The number of hydrogen-bond acceptors (Lipinski definition) is 6. The molecule has 0 unspecified atom stereocenters. The zero-order valence-corrected chi connectivity index (χ0v) is 17.0. The molecule has 31 heavy (non-hydrogen) atoms. The molecule has 0 aliphatic rings. The first-order valence-electron chi connectivity index (χ1n) is 9.71. The van der Waals surface area contributed by atoms with Gasteiger partial charge in [0.25, 0.3) is 5.91 Å². The number of anilines is 1. The van der Waals surface area contributed by atoms with Crippen LogP contribution in [0, 0.1) is 0 Å². The van der Waals surface area contributed by atoms with Gasteiger partial charge in [-0.3, -0.25) is 4.79 Å². The minimum Gasteiger partial charge on any atom is -0.495 e. The maximum Gasteiger partial charge on any atom is 0.338 e. The van der Waals surface area contributed by atoms with E-state index in [1.54, 1.807) is 24.3 Å². The molecule has 1 heterocycles. The number of aliphatic hydroxyl groups excluding tert-OH is 1. The van der Waals surface area contributed by atoms with Gasteiger partial charge < -0.3 is 24.3 Å². The molecule has 1 atom stereocenters. The van der Waals surface area contributed by atoms with Crippen LogP contribution in [0.2, 0.25) is 0 Å². The first-order chi connectivity index (χ1) is 15.0. The monoisotopic (exact) mass is 419 g/mol. The molecular formula is C24H21NO6. The van der Waals surface area contributed by atoms with Gasteiger partial charge >= 0.3 is 5.97 Å². The van der Waals surface area contributed by atoms with Gasteiger partial charge in [0, 0.05) is 16.8 Å². The van der Waals surface area contributed by atoms with Crippen molar-refractivity contribution in [1.82, 2.24) is 0 Å². The standard InChI is InChI=1S/C24H21NO6/c1-14(30-24(28)16-9-7-15(13-26)8-10-16)23(27)25-19-12-21-18(11-22(19)29-2)17-5-3-4-6-20(17)31-21/h3-12,14,26H,13H2,1-2H3,(H,25,27)/t14-/m0/s1. The zero-order chi connectivity index (χ0) is 22.0. The Morgan fingerprint density at radius 2 is 1.77 bits per heavy atom. The first-order valence-corrected chi connectivity index (χ1v) is 9.71. The number of para-hydroxylation sites is 1. The second-order valence-corrected chi connectivity index (χ2v) is 7.04. The van der Waals surface area contributed by atoms with Crippen molar-refractivity contribution in [2.45, 2.75) is 19.6 Å². The topological polar surface area (TPSA) is 98.0 Å². The number of aliphatic hydroxyl groups is 1. The van der Waals surface area contributed by atoms with Gasteiger partial charge in [0.05, 0.1) is 25.0 Å². The van der Waals surface area contributed by atoms with Gasteiger partial charge in [-0.05, 0) is 36.8 Å². The average molecular weight is 419 g/mol. The highest BCUT2D eigenvalue weighted by molar-refractivity contribution is 6.08. The number of benzene rings is 3. The second kappa shape index (κ2) is 8.49. The van der Waals surface area contributed by atoms with Crippen molar-refractivity contribution in [3.05, 3.63) is 71.8 Å². The molecule has 0 saturated carbocycles. The number of rotatable bonds is 6. The number of nitrogens with one attached hydrogen (secondary N) is 1. The maximum atomic E-state index is 12.6. The number of esters is 1. The molecule has 0 spiro atoms. The second-order valence-electron chi connectivity index (χ2n) is 7.04. The highest BCUT2D eigenvalue weighted by Crippen LogP contribution is 2.36. The molecule has 0 saturated heterocycles. The molecule has 0 aliphatic heterocycles. The van der Waals surface area contributed by atoms with Crippen LogP contribution in [-0.2, 0) is 16.1 Å².